The first-order chi connectivity index (χ1) is 19.0. The van der Waals surface area contributed by atoms with Crippen LogP contribution in [-0.2, 0) is 4.79 Å². The van der Waals surface area contributed by atoms with Crippen LogP contribution in [0.5, 0.6) is 11.5 Å². The fraction of sp³-hybridized carbons (Fsp3) is 0.138. The number of hydrogen-bond acceptors (Lipinski definition) is 9. The van der Waals surface area contributed by atoms with Crippen LogP contribution in [-0.4, -0.2) is 45.5 Å². The highest BCUT2D eigenvalue weighted by Crippen LogP contribution is 2.33. The molecule has 0 aliphatic rings. The number of nitrogens with zero attached hydrogens (tertiary/aromatic N) is 4. The van der Waals surface area contributed by atoms with Crippen LogP contribution >= 0.6 is 23.1 Å². The second kappa shape index (κ2) is 12.1. The number of methoxy groups -OCH3 is 2. The van der Waals surface area contributed by atoms with Crippen molar-refractivity contribution < 1.29 is 14.3 Å². The van der Waals surface area contributed by atoms with E-state index < -0.39 is 5.25 Å². The number of thiazole rings is 1. The van der Waals surface area contributed by atoms with Gasteiger partial charge in [-0.05, 0) is 55.5 Å². The van der Waals surface area contributed by atoms with Gasteiger partial charge >= 0.3 is 0 Å². The number of nitrogens with one attached hydrogen (secondary N) is 1. The van der Waals surface area contributed by atoms with Crippen molar-refractivity contribution in [2.24, 2.45) is 0 Å². The topological polar surface area (TPSA) is 99.1 Å². The lowest BCUT2D eigenvalue weighted by molar-refractivity contribution is -0.115. The van der Waals surface area contributed by atoms with Gasteiger partial charge < -0.3 is 14.8 Å². The predicted molar refractivity (Wildman–Crippen MR) is 155 cm³/mol. The van der Waals surface area contributed by atoms with Crippen molar-refractivity contribution in [1.29, 1.82) is 0 Å². The van der Waals surface area contributed by atoms with Crippen LogP contribution in [0.25, 0.3) is 33.8 Å². The highest BCUT2D eigenvalue weighted by Gasteiger charge is 2.20. The van der Waals surface area contributed by atoms with E-state index in [0.717, 1.165) is 33.9 Å². The number of hydrogen-bond donors (Lipinski definition) is 1. The largest absolute Gasteiger partial charge is 0.497 e. The highest BCUT2D eigenvalue weighted by atomic mass is 32.2. The van der Waals surface area contributed by atoms with Gasteiger partial charge in [-0.3, -0.25) is 4.79 Å². The minimum absolute atomic E-state index is 0.192. The van der Waals surface area contributed by atoms with Crippen LogP contribution in [0.15, 0.2) is 89.4 Å². The second-order valence-electron chi connectivity index (χ2n) is 8.40. The van der Waals surface area contributed by atoms with Crippen molar-refractivity contribution in [2.75, 3.05) is 19.5 Å². The Labute approximate surface area is 234 Å². The molecular formula is C29H25N5O3S2. The fourth-order valence-electron chi connectivity index (χ4n) is 3.75. The third kappa shape index (κ3) is 6.24. The number of anilines is 1. The highest BCUT2D eigenvalue weighted by molar-refractivity contribution is 8.00. The third-order valence-electron chi connectivity index (χ3n) is 5.85. The number of carbonyl (C=O) groups excluding carboxylic acids is 1. The number of ether oxygens (including phenoxy) is 2. The molecule has 1 unspecified atom stereocenters. The second-order valence-corrected chi connectivity index (χ2v) is 10.6. The molecule has 1 atom stereocenters. The van der Waals surface area contributed by atoms with Gasteiger partial charge in [-0.25, -0.2) is 9.97 Å². The Morgan fingerprint density at radius 2 is 1.41 bits per heavy atom. The number of benzene rings is 3. The molecule has 2 aromatic heterocycles. The Kier molecular flexibility index (Phi) is 8.14. The summed E-state index contributed by atoms with van der Waals surface area (Å²) in [6, 6.07) is 25.0. The summed E-state index contributed by atoms with van der Waals surface area (Å²) in [7, 11) is 3.25. The summed E-state index contributed by atoms with van der Waals surface area (Å²) in [5.74, 6) is 1.29. The Hall–Kier alpha value is -4.28. The summed E-state index contributed by atoms with van der Waals surface area (Å²) in [6.45, 7) is 1.81. The Bertz CT molecular complexity index is 1560. The molecule has 5 rings (SSSR count). The molecule has 0 aliphatic carbocycles. The van der Waals surface area contributed by atoms with Gasteiger partial charge in [-0.1, -0.05) is 42.1 Å². The average Bonchev–Trinajstić information content (AvgIpc) is 3.46. The smallest absolute Gasteiger partial charge is 0.239 e. The Morgan fingerprint density at radius 1 is 0.795 bits per heavy atom. The van der Waals surface area contributed by atoms with Crippen molar-refractivity contribution in [3.8, 4) is 45.3 Å². The fourth-order valence-corrected chi connectivity index (χ4v) is 5.18. The molecule has 196 valence electrons. The molecule has 0 bridgehead atoms. The summed E-state index contributed by atoms with van der Waals surface area (Å²) < 4.78 is 10.6. The van der Waals surface area contributed by atoms with E-state index in [1.807, 2.05) is 84.2 Å². The van der Waals surface area contributed by atoms with Gasteiger partial charge in [0.1, 0.15) is 22.9 Å². The molecule has 5 aromatic rings. The van der Waals surface area contributed by atoms with E-state index in [2.05, 4.69) is 20.5 Å². The zero-order valence-electron chi connectivity index (χ0n) is 21.5. The van der Waals surface area contributed by atoms with Crippen molar-refractivity contribution >= 4 is 34.1 Å². The number of carbonyl (C=O) groups is 1. The van der Waals surface area contributed by atoms with Gasteiger partial charge in [0, 0.05) is 22.1 Å². The van der Waals surface area contributed by atoms with E-state index in [4.69, 9.17) is 14.5 Å². The molecule has 0 saturated carbocycles. The minimum atomic E-state index is -0.480. The molecule has 3 aromatic carbocycles. The summed E-state index contributed by atoms with van der Waals surface area (Å²) in [6.07, 6.45) is 0. The van der Waals surface area contributed by atoms with Crippen molar-refractivity contribution in [2.45, 2.75) is 17.3 Å². The lowest BCUT2D eigenvalue weighted by atomic mass is 10.0. The molecule has 2 heterocycles. The Morgan fingerprint density at radius 3 is 2.03 bits per heavy atom. The van der Waals surface area contributed by atoms with Crippen LogP contribution in [0.4, 0.5) is 5.13 Å². The van der Waals surface area contributed by atoms with Crippen LogP contribution in [0.1, 0.15) is 6.92 Å². The number of rotatable bonds is 9. The molecule has 10 heteroatoms. The van der Waals surface area contributed by atoms with Crippen LogP contribution < -0.4 is 14.8 Å². The van der Waals surface area contributed by atoms with Gasteiger partial charge in [0.05, 0.1) is 25.2 Å². The molecule has 0 aliphatic heterocycles. The number of aromatic nitrogens is 4. The zero-order valence-corrected chi connectivity index (χ0v) is 23.1. The summed E-state index contributed by atoms with van der Waals surface area (Å²) in [5, 5.41) is 14.1. The molecule has 1 amide bonds. The zero-order chi connectivity index (χ0) is 27.2. The summed E-state index contributed by atoms with van der Waals surface area (Å²) in [4.78, 5) is 22.3. The standard InChI is InChI=1S/C29H25N5O3S2/c1-18(27(35)32-28-30-24(17-38-28)19-7-5-4-6-8-19)39-29-31-25(20-9-13-22(36-2)14-10-20)26(33-34-29)21-11-15-23(37-3)16-12-21/h4-18H,1-3H3,(H,30,32,35). The van der Waals surface area contributed by atoms with E-state index in [1.54, 1.807) is 21.1 Å². The maximum atomic E-state index is 13.0. The predicted octanol–water partition coefficient (Wildman–Crippen LogP) is 6.47. The van der Waals surface area contributed by atoms with Crippen molar-refractivity contribution in [1.82, 2.24) is 20.2 Å². The van der Waals surface area contributed by atoms with E-state index in [-0.39, 0.29) is 5.91 Å². The maximum absolute atomic E-state index is 13.0. The molecule has 0 radical (unpaired) electrons. The van der Waals surface area contributed by atoms with E-state index in [9.17, 15) is 4.79 Å². The lowest BCUT2D eigenvalue weighted by Gasteiger charge is -2.12. The summed E-state index contributed by atoms with van der Waals surface area (Å²) in [5.41, 5.74) is 4.80. The number of amides is 1. The first-order valence-corrected chi connectivity index (χ1v) is 13.8. The van der Waals surface area contributed by atoms with E-state index >= 15 is 0 Å². The third-order valence-corrected chi connectivity index (χ3v) is 7.56. The van der Waals surface area contributed by atoms with Gasteiger partial charge in [0.25, 0.3) is 0 Å². The molecule has 8 nitrogen and oxygen atoms in total. The average molecular weight is 556 g/mol. The normalized spacial score (nSPS) is 11.6. The van der Waals surface area contributed by atoms with E-state index in [0.29, 0.717) is 21.7 Å². The molecule has 0 spiro atoms. The summed E-state index contributed by atoms with van der Waals surface area (Å²) >= 11 is 2.62. The first kappa shape index (κ1) is 26.3. The molecular weight excluding hydrogens is 530 g/mol. The van der Waals surface area contributed by atoms with Crippen LogP contribution in [0.3, 0.4) is 0 Å². The molecule has 1 N–H and O–H groups in total. The van der Waals surface area contributed by atoms with E-state index in [1.165, 1.54) is 23.1 Å². The van der Waals surface area contributed by atoms with Gasteiger partial charge in [0.15, 0.2) is 5.13 Å². The van der Waals surface area contributed by atoms with Gasteiger partial charge in [-0.2, -0.15) is 0 Å². The van der Waals surface area contributed by atoms with Crippen LogP contribution in [0, 0.1) is 0 Å². The Balaban J connectivity index is 1.37. The molecule has 0 fully saturated rings. The van der Waals surface area contributed by atoms with Crippen molar-refractivity contribution in [3.63, 3.8) is 0 Å². The quantitative estimate of drug-likeness (QED) is 0.207. The first-order valence-electron chi connectivity index (χ1n) is 12.1. The van der Waals surface area contributed by atoms with Gasteiger partial charge in [-0.15, -0.1) is 21.5 Å². The van der Waals surface area contributed by atoms with Gasteiger partial charge in [0.2, 0.25) is 11.1 Å². The monoisotopic (exact) mass is 555 g/mol. The maximum Gasteiger partial charge on any atom is 0.239 e. The SMILES string of the molecule is COc1ccc(-c2nnc(SC(C)C(=O)Nc3nc(-c4ccccc4)cs3)nc2-c2ccc(OC)cc2)cc1. The van der Waals surface area contributed by atoms with Crippen LogP contribution in [0.2, 0.25) is 0 Å². The van der Waals surface area contributed by atoms with Crippen molar-refractivity contribution in [3.05, 3.63) is 84.2 Å². The lowest BCUT2D eigenvalue weighted by Crippen LogP contribution is -2.22. The number of thioether (sulfide) groups is 1. The molecule has 0 saturated heterocycles. The molecule has 39 heavy (non-hydrogen) atoms. The minimum Gasteiger partial charge on any atom is -0.497 e.